The predicted molar refractivity (Wildman–Crippen MR) is 123 cm³/mol. The van der Waals surface area contributed by atoms with E-state index >= 15 is 0 Å². The number of carbonyl (C=O) groups excluding carboxylic acids is 2. The number of nitrogens with zero attached hydrogens (tertiary/aromatic N) is 3. The molecule has 2 aliphatic heterocycles. The Balaban J connectivity index is 1.76. The molecule has 0 saturated carbocycles. The maximum Gasteiger partial charge on any atom is 0.417 e. The third kappa shape index (κ3) is 5.83. The number of halogens is 3. The molecule has 0 radical (unpaired) electrons. The fourth-order valence-electron chi connectivity index (χ4n) is 5.18. The van der Waals surface area contributed by atoms with Gasteiger partial charge in [-0.25, -0.2) is 0 Å². The highest BCUT2D eigenvalue weighted by Gasteiger charge is 2.43. The summed E-state index contributed by atoms with van der Waals surface area (Å²) in [7, 11) is 1.57. The first-order chi connectivity index (χ1) is 15.8. The lowest BCUT2D eigenvalue weighted by Crippen LogP contribution is -2.43. The van der Waals surface area contributed by atoms with E-state index in [1.54, 1.807) is 13.1 Å². The standard InChI is InChI=1S/C25H33F3N4O2/c1-24(2,3)12-22(33)31-9-7-16(8-10-31)19-14-32(15-20(19)23(34)30-4)18-6-5-17(13-29)21(11-18)25(26,27)28/h5-6,11,16,19-20H,7-10,12,14-15H2,1-4H3,(H,30,34)/t19-,20+/m0/s1. The van der Waals surface area contributed by atoms with Gasteiger partial charge >= 0.3 is 6.18 Å². The van der Waals surface area contributed by atoms with Crippen LogP contribution in [0.4, 0.5) is 18.9 Å². The molecular weight excluding hydrogens is 445 g/mol. The molecule has 1 N–H and O–H groups in total. The molecule has 3 rings (SSSR count). The number of anilines is 1. The van der Waals surface area contributed by atoms with Gasteiger partial charge in [-0.3, -0.25) is 9.59 Å². The number of alkyl halides is 3. The zero-order valence-corrected chi connectivity index (χ0v) is 20.2. The van der Waals surface area contributed by atoms with Gasteiger partial charge in [0.25, 0.3) is 0 Å². The van der Waals surface area contributed by atoms with Crippen molar-refractivity contribution >= 4 is 17.5 Å². The number of amides is 2. The van der Waals surface area contributed by atoms with Crippen LogP contribution in [0.25, 0.3) is 0 Å². The molecule has 0 bridgehead atoms. The van der Waals surface area contributed by atoms with Crippen LogP contribution in [0.1, 0.15) is 51.2 Å². The molecule has 0 aliphatic carbocycles. The Labute approximate surface area is 199 Å². The summed E-state index contributed by atoms with van der Waals surface area (Å²) in [5, 5.41) is 11.8. The van der Waals surface area contributed by atoms with Gasteiger partial charge in [0.2, 0.25) is 11.8 Å². The van der Waals surface area contributed by atoms with Crippen molar-refractivity contribution in [2.75, 3.05) is 38.1 Å². The lowest BCUT2D eigenvalue weighted by molar-refractivity contribution is -0.138. The lowest BCUT2D eigenvalue weighted by atomic mass is 9.78. The predicted octanol–water partition coefficient (Wildman–Crippen LogP) is 4.05. The Morgan fingerprint density at radius 2 is 1.79 bits per heavy atom. The van der Waals surface area contributed by atoms with Gasteiger partial charge in [-0.1, -0.05) is 20.8 Å². The van der Waals surface area contributed by atoms with Crippen molar-refractivity contribution in [3.05, 3.63) is 29.3 Å². The van der Waals surface area contributed by atoms with Gasteiger partial charge in [-0.05, 0) is 48.3 Å². The Morgan fingerprint density at radius 3 is 2.32 bits per heavy atom. The molecular formula is C25H33F3N4O2. The van der Waals surface area contributed by atoms with Gasteiger partial charge in [0.05, 0.1) is 23.1 Å². The SMILES string of the molecule is CNC(=O)[C@@H]1CN(c2ccc(C#N)c(C(F)(F)F)c2)C[C@H]1C1CCN(C(=O)CC(C)(C)C)CC1. The van der Waals surface area contributed by atoms with E-state index in [2.05, 4.69) is 5.32 Å². The van der Waals surface area contributed by atoms with Crippen LogP contribution in [0.5, 0.6) is 0 Å². The number of hydrogen-bond donors (Lipinski definition) is 1. The molecule has 2 atom stereocenters. The minimum absolute atomic E-state index is 0.0233. The van der Waals surface area contributed by atoms with Crippen molar-refractivity contribution in [2.24, 2.45) is 23.2 Å². The van der Waals surface area contributed by atoms with Crippen LogP contribution in [0.3, 0.4) is 0 Å². The second kappa shape index (κ2) is 9.85. The van der Waals surface area contributed by atoms with Crippen molar-refractivity contribution in [3.63, 3.8) is 0 Å². The highest BCUT2D eigenvalue weighted by atomic mass is 19.4. The summed E-state index contributed by atoms with van der Waals surface area (Å²) in [5.74, 6) is -0.157. The highest BCUT2D eigenvalue weighted by molar-refractivity contribution is 5.80. The number of benzene rings is 1. The van der Waals surface area contributed by atoms with Crippen LogP contribution in [0, 0.1) is 34.5 Å². The number of likely N-dealkylation sites (tertiary alicyclic amines) is 1. The molecule has 2 aliphatic rings. The van der Waals surface area contributed by atoms with Gasteiger partial charge in [0.1, 0.15) is 0 Å². The maximum absolute atomic E-state index is 13.5. The fraction of sp³-hybridized carbons (Fsp3) is 0.640. The second-order valence-electron chi connectivity index (χ2n) is 10.6. The number of carbonyl (C=O) groups is 2. The first-order valence-corrected chi connectivity index (χ1v) is 11.7. The molecule has 34 heavy (non-hydrogen) atoms. The van der Waals surface area contributed by atoms with E-state index in [0.29, 0.717) is 38.3 Å². The van der Waals surface area contributed by atoms with Crippen LogP contribution in [0.15, 0.2) is 18.2 Å². The molecule has 6 nitrogen and oxygen atoms in total. The van der Waals surface area contributed by atoms with Crippen molar-refractivity contribution in [2.45, 2.75) is 46.2 Å². The Morgan fingerprint density at radius 1 is 1.15 bits per heavy atom. The molecule has 9 heteroatoms. The van der Waals surface area contributed by atoms with E-state index < -0.39 is 17.3 Å². The third-order valence-electron chi connectivity index (χ3n) is 6.92. The molecule has 1 aromatic rings. The topological polar surface area (TPSA) is 76.4 Å². The van der Waals surface area contributed by atoms with Crippen molar-refractivity contribution in [1.29, 1.82) is 5.26 Å². The Kier molecular flexibility index (Phi) is 7.49. The number of hydrogen-bond acceptors (Lipinski definition) is 4. The van der Waals surface area contributed by atoms with Crippen molar-refractivity contribution in [1.82, 2.24) is 10.2 Å². The van der Waals surface area contributed by atoms with Gasteiger partial charge in [-0.15, -0.1) is 0 Å². The normalized spacial score (nSPS) is 21.9. The number of piperidine rings is 1. The van der Waals surface area contributed by atoms with E-state index in [1.165, 1.54) is 12.1 Å². The summed E-state index contributed by atoms with van der Waals surface area (Å²) < 4.78 is 40.4. The molecule has 2 saturated heterocycles. The molecule has 0 unspecified atom stereocenters. The van der Waals surface area contributed by atoms with E-state index in [9.17, 15) is 22.8 Å². The minimum atomic E-state index is -4.63. The van der Waals surface area contributed by atoms with E-state index in [1.807, 2.05) is 30.6 Å². The quantitative estimate of drug-likeness (QED) is 0.709. The van der Waals surface area contributed by atoms with Gasteiger partial charge in [0, 0.05) is 45.3 Å². The van der Waals surface area contributed by atoms with Crippen LogP contribution >= 0.6 is 0 Å². The van der Waals surface area contributed by atoms with Crippen LogP contribution < -0.4 is 10.2 Å². The number of nitriles is 1. The van der Waals surface area contributed by atoms with Crippen LogP contribution in [-0.2, 0) is 15.8 Å². The first kappa shape index (κ1) is 25.9. The summed E-state index contributed by atoms with van der Waals surface area (Å²) in [4.78, 5) is 29.0. The largest absolute Gasteiger partial charge is 0.417 e. The van der Waals surface area contributed by atoms with Crippen LogP contribution in [0.2, 0.25) is 0 Å². The molecule has 186 valence electrons. The highest BCUT2D eigenvalue weighted by Crippen LogP contribution is 2.40. The van der Waals surface area contributed by atoms with Crippen molar-refractivity contribution in [3.8, 4) is 6.07 Å². The molecule has 0 spiro atoms. The third-order valence-corrected chi connectivity index (χ3v) is 6.92. The zero-order valence-electron chi connectivity index (χ0n) is 20.2. The van der Waals surface area contributed by atoms with E-state index in [-0.39, 0.29) is 35.0 Å². The van der Waals surface area contributed by atoms with Crippen LogP contribution in [-0.4, -0.2) is 49.9 Å². The molecule has 0 aromatic heterocycles. The number of nitrogens with one attached hydrogen (secondary N) is 1. The minimum Gasteiger partial charge on any atom is -0.370 e. The summed E-state index contributed by atoms with van der Waals surface area (Å²) in [6, 6.07) is 5.33. The van der Waals surface area contributed by atoms with Crippen molar-refractivity contribution < 1.29 is 22.8 Å². The summed E-state index contributed by atoms with van der Waals surface area (Å²) in [6.07, 6.45) is -2.62. The molecule has 2 heterocycles. The van der Waals surface area contributed by atoms with Gasteiger partial charge < -0.3 is 15.1 Å². The molecule has 2 fully saturated rings. The fourth-order valence-corrected chi connectivity index (χ4v) is 5.18. The van der Waals surface area contributed by atoms with E-state index in [0.717, 1.165) is 18.9 Å². The Hall–Kier alpha value is -2.76. The molecule has 2 amide bonds. The average molecular weight is 479 g/mol. The summed E-state index contributed by atoms with van der Waals surface area (Å²) >= 11 is 0. The summed E-state index contributed by atoms with van der Waals surface area (Å²) in [6.45, 7) is 8.14. The molecule has 1 aromatic carbocycles. The monoisotopic (exact) mass is 478 g/mol. The van der Waals surface area contributed by atoms with Gasteiger partial charge in [0.15, 0.2) is 0 Å². The Bertz CT molecular complexity index is 956. The second-order valence-corrected chi connectivity index (χ2v) is 10.6. The lowest BCUT2D eigenvalue weighted by Gasteiger charge is -2.37. The number of rotatable bonds is 4. The first-order valence-electron chi connectivity index (χ1n) is 11.7. The summed E-state index contributed by atoms with van der Waals surface area (Å²) in [5.41, 5.74) is -1.10. The maximum atomic E-state index is 13.5. The van der Waals surface area contributed by atoms with Gasteiger partial charge in [-0.2, -0.15) is 18.4 Å². The average Bonchev–Trinajstić information content (AvgIpc) is 3.22. The van der Waals surface area contributed by atoms with E-state index in [4.69, 9.17) is 5.26 Å². The smallest absolute Gasteiger partial charge is 0.370 e. The zero-order chi connectivity index (χ0) is 25.3.